The Morgan fingerprint density at radius 2 is 1.66 bits per heavy atom. The van der Waals surface area contributed by atoms with Gasteiger partial charge < -0.3 is 20.7 Å². The van der Waals surface area contributed by atoms with E-state index < -0.39 is 27.4 Å². The van der Waals surface area contributed by atoms with Crippen molar-refractivity contribution in [2.24, 2.45) is 5.73 Å². The fourth-order valence-corrected chi connectivity index (χ4v) is 3.96. The first-order valence-electron chi connectivity index (χ1n) is 9.65. The zero-order chi connectivity index (χ0) is 23.5. The Morgan fingerprint density at radius 1 is 1.09 bits per heavy atom. The lowest BCUT2D eigenvalue weighted by Gasteiger charge is -2.30. The molecule has 0 aliphatic rings. The zero-order valence-electron chi connectivity index (χ0n) is 17.6. The summed E-state index contributed by atoms with van der Waals surface area (Å²) in [4.78, 5) is 16.3. The number of nitrogens with zero attached hydrogens (tertiary/aromatic N) is 1. The van der Waals surface area contributed by atoms with E-state index in [0.717, 1.165) is 17.4 Å². The smallest absolute Gasteiger partial charge is 0.338 e. The van der Waals surface area contributed by atoms with Crippen molar-refractivity contribution in [2.45, 2.75) is 23.0 Å². The predicted octanol–water partition coefficient (Wildman–Crippen LogP) is 2.22. The third-order valence-electron chi connectivity index (χ3n) is 5.24. The highest BCUT2D eigenvalue weighted by Crippen LogP contribution is 2.30. The summed E-state index contributed by atoms with van der Waals surface area (Å²) in [6.07, 6.45) is 2.30. The summed E-state index contributed by atoms with van der Waals surface area (Å²) in [6, 6.07) is 15.1. The number of benzene rings is 2. The summed E-state index contributed by atoms with van der Waals surface area (Å²) in [5, 5.41) is 20.7. The number of pyridine rings is 1. The van der Waals surface area contributed by atoms with Crippen molar-refractivity contribution < 1.29 is 28.2 Å². The molecule has 4 N–H and O–H groups in total. The zero-order valence-corrected chi connectivity index (χ0v) is 18.4. The number of hydrogen-bond acceptors (Lipinski definition) is 7. The highest BCUT2D eigenvalue weighted by molar-refractivity contribution is 7.90. The largest absolute Gasteiger partial charge is 0.497 e. The highest BCUT2D eigenvalue weighted by atomic mass is 32.2. The molecule has 0 aliphatic heterocycles. The average molecular weight is 457 g/mol. The van der Waals surface area contributed by atoms with Crippen LogP contribution in [0.1, 0.15) is 17.3 Å². The second kappa shape index (κ2) is 9.07. The van der Waals surface area contributed by atoms with E-state index in [9.17, 15) is 23.4 Å². The molecule has 0 unspecified atom stereocenters. The molecular weight excluding hydrogens is 432 g/mol. The first kappa shape index (κ1) is 23.4. The van der Waals surface area contributed by atoms with Crippen molar-refractivity contribution in [1.29, 1.82) is 0 Å². The highest BCUT2D eigenvalue weighted by Gasteiger charge is 2.43. The molecule has 0 saturated carbocycles. The molecule has 2 atom stereocenters. The van der Waals surface area contributed by atoms with Gasteiger partial charge in [0.15, 0.2) is 15.4 Å². The average Bonchev–Trinajstić information content (AvgIpc) is 2.78. The lowest BCUT2D eigenvalue weighted by atomic mass is 9.84. The topological polar surface area (TPSA) is 140 Å². The van der Waals surface area contributed by atoms with Gasteiger partial charge in [-0.25, -0.2) is 13.2 Å². The van der Waals surface area contributed by atoms with Crippen LogP contribution < -0.4 is 10.5 Å². The molecule has 0 bridgehead atoms. The number of carboxylic acid groups (broad SMARTS) is 1. The summed E-state index contributed by atoms with van der Waals surface area (Å²) in [7, 11) is -1.81. The summed E-state index contributed by atoms with van der Waals surface area (Å²) >= 11 is 0. The fourth-order valence-electron chi connectivity index (χ4n) is 3.33. The van der Waals surface area contributed by atoms with Crippen LogP contribution in [0, 0.1) is 0 Å². The molecule has 0 radical (unpaired) electrons. The number of aromatic nitrogens is 1. The normalized spacial score (nSPS) is 14.4. The number of hydrogen-bond donors (Lipinski definition) is 3. The van der Waals surface area contributed by atoms with Gasteiger partial charge in [-0.2, -0.15) is 0 Å². The number of nitrogens with two attached hydrogens (primary N) is 1. The number of aliphatic carboxylic acids is 1. The minimum Gasteiger partial charge on any atom is -0.497 e. The Morgan fingerprint density at radius 3 is 2.16 bits per heavy atom. The van der Waals surface area contributed by atoms with E-state index in [1.54, 1.807) is 48.5 Å². The van der Waals surface area contributed by atoms with Gasteiger partial charge in [-0.1, -0.05) is 36.4 Å². The molecule has 3 rings (SSSR count). The van der Waals surface area contributed by atoms with E-state index in [1.807, 2.05) is 0 Å². The monoisotopic (exact) mass is 456 g/mol. The van der Waals surface area contributed by atoms with E-state index in [1.165, 1.54) is 25.4 Å². The maximum Gasteiger partial charge on any atom is 0.338 e. The van der Waals surface area contributed by atoms with Gasteiger partial charge in [-0.05, 0) is 34.9 Å². The molecule has 3 aromatic rings. The SMILES string of the molecule is COc1ccnc(C[C@](O)(C(=O)O)[C@@H](N)c2ccc(-c3ccc(S(C)(=O)=O)cc3)cc2)c1. The van der Waals surface area contributed by atoms with Crippen molar-refractivity contribution in [1.82, 2.24) is 4.98 Å². The van der Waals surface area contributed by atoms with Crippen LogP contribution in [0.2, 0.25) is 0 Å². The Hall–Kier alpha value is -3.27. The Kier molecular flexibility index (Phi) is 6.63. The molecule has 0 spiro atoms. The number of aliphatic hydroxyl groups is 1. The van der Waals surface area contributed by atoms with Crippen LogP contribution in [0.4, 0.5) is 0 Å². The van der Waals surface area contributed by atoms with E-state index in [2.05, 4.69) is 4.98 Å². The van der Waals surface area contributed by atoms with Crippen LogP contribution in [0.25, 0.3) is 11.1 Å². The molecule has 9 heteroatoms. The number of ether oxygens (including phenoxy) is 1. The lowest BCUT2D eigenvalue weighted by molar-refractivity contribution is -0.161. The summed E-state index contributed by atoms with van der Waals surface area (Å²) in [5.41, 5.74) is 6.22. The number of carboxylic acids is 1. The number of rotatable bonds is 8. The van der Waals surface area contributed by atoms with Gasteiger partial charge in [0.2, 0.25) is 0 Å². The molecule has 1 heterocycles. The van der Waals surface area contributed by atoms with Crippen LogP contribution in [0.5, 0.6) is 5.75 Å². The molecule has 0 saturated heterocycles. The number of methoxy groups -OCH3 is 1. The van der Waals surface area contributed by atoms with Crippen molar-refractivity contribution in [2.75, 3.05) is 13.4 Å². The molecule has 1 aromatic heterocycles. The van der Waals surface area contributed by atoms with Crippen LogP contribution in [0.3, 0.4) is 0 Å². The van der Waals surface area contributed by atoms with Crippen LogP contribution >= 0.6 is 0 Å². The minimum absolute atomic E-state index is 0.220. The Balaban J connectivity index is 1.86. The maximum atomic E-state index is 12.0. The summed E-state index contributed by atoms with van der Waals surface area (Å²) < 4.78 is 28.4. The predicted molar refractivity (Wildman–Crippen MR) is 119 cm³/mol. The van der Waals surface area contributed by atoms with Crippen LogP contribution in [0.15, 0.2) is 71.8 Å². The van der Waals surface area contributed by atoms with Gasteiger partial charge in [-0.3, -0.25) is 4.98 Å². The molecule has 0 amide bonds. The standard InChI is InChI=1S/C23H24N2O6S/c1-31-19-11-12-25-18(13-19)14-23(28,22(26)27)21(24)17-5-3-15(4-6-17)16-7-9-20(10-8-16)32(2,29)30/h3-13,21,28H,14,24H2,1-2H3,(H,26,27)/t21-,23+/m0/s1. The third-order valence-corrected chi connectivity index (χ3v) is 6.37. The van der Waals surface area contributed by atoms with Gasteiger partial charge in [0.1, 0.15) is 5.75 Å². The van der Waals surface area contributed by atoms with Gasteiger partial charge in [-0.15, -0.1) is 0 Å². The molecule has 0 aliphatic carbocycles. The third kappa shape index (κ3) is 4.96. The van der Waals surface area contributed by atoms with Gasteiger partial charge >= 0.3 is 5.97 Å². The molecule has 32 heavy (non-hydrogen) atoms. The summed E-state index contributed by atoms with van der Waals surface area (Å²) in [5.74, 6) is -0.974. The van der Waals surface area contributed by atoms with Gasteiger partial charge in [0.05, 0.1) is 18.0 Å². The Bertz CT molecular complexity index is 1210. The first-order chi connectivity index (χ1) is 15.0. The van der Waals surface area contributed by atoms with Crippen LogP contribution in [-0.4, -0.2) is 48.6 Å². The quantitative estimate of drug-likeness (QED) is 0.469. The maximum absolute atomic E-state index is 12.0. The van der Waals surface area contributed by atoms with E-state index >= 15 is 0 Å². The van der Waals surface area contributed by atoms with Crippen molar-refractivity contribution in [3.63, 3.8) is 0 Å². The first-order valence-corrected chi connectivity index (χ1v) is 11.5. The van der Waals surface area contributed by atoms with E-state index in [0.29, 0.717) is 17.0 Å². The fraction of sp³-hybridized carbons (Fsp3) is 0.217. The van der Waals surface area contributed by atoms with E-state index in [4.69, 9.17) is 10.5 Å². The Labute approximate surface area is 186 Å². The van der Waals surface area contributed by atoms with Crippen molar-refractivity contribution in [3.8, 4) is 16.9 Å². The molecule has 0 fully saturated rings. The van der Waals surface area contributed by atoms with E-state index in [-0.39, 0.29) is 11.3 Å². The second-order valence-corrected chi connectivity index (χ2v) is 9.51. The molecule has 2 aromatic carbocycles. The minimum atomic E-state index is -3.29. The van der Waals surface area contributed by atoms with Crippen molar-refractivity contribution >= 4 is 15.8 Å². The van der Waals surface area contributed by atoms with Crippen molar-refractivity contribution in [3.05, 3.63) is 78.1 Å². The summed E-state index contributed by atoms with van der Waals surface area (Å²) in [6.45, 7) is 0. The second-order valence-electron chi connectivity index (χ2n) is 7.49. The molecular formula is C23H24N2O6S. The number of sulfone groups is 1. The molecule has 168 valence electrons. The van der Waals surface area contributed by atoms with Gasteiger partial charge in [0.25, 0.3) is 0 Å². The van der Waals surface area contributed by atoms with Crippen LogP contribution in [-0.2, 0) is 21.1 Å². The number of carbonyl (C=O) groups is 1. The van der Waals surface area contributed by atoms with Gasteiger partial charge in [0, 0.05) is 30.6 Å². The molecule has 8 nitrogen and oxygen atoms in total. The lowest BCUT2D eigenvalue weighted by Crippen LogP contribution is -2.50.